The van der Waals surface area contributed by atoms with Crippen molar-refractivity contribution in [2.45, 2.75) is 31.2 Å². The van der Waals surface area contributed by atoms with Crippen LogP contribution in [0.15, 0.2) is 20.4 Å². The molecule has 1 aliphatic carbocycles. The highest BCUT2D eigenvalue weighted by Crippen LogP contribution is 2.34. The quantitative estimate of drug-likeness (QED) is 0.871. The molecule has 3 rings (SSSR count). The van der Waals surface area contributed by atoms with E-state index in [9.17, 15) is 0 Å². The fraction of sp³-hybridized carbons (Fsp3) is 0.385. The van der Waals surface area contributed by atoms with Gasteiger partial charge in [0.2, 0.25) is 0 Å². The minimum Gasteiger partial charge on any atom is -0.335 e. The number of thiophene rings is 1. The summed E-state index contributed by atoms with van der Waals surface area (Å²) >= 11 is 5.08. The second-order valence-corrected chi connectivity index (χ2v) is 7.29. The number of halogens is 2. The molecule has 108 valence electrons. The van der Waals surface area contributed by atoms with Gasteiger partial charge in [0.05, 0.1) is 9.33 Å². The molecule has 7 heteroatoms. The van der Waals surface area contributed by atoms with E-state index < -0.39 is 0 Å². The molecule has 1 aliphatic rings. The smallest absolute Gasteiger partial charge is 0.250 e. The Balaban J connectivity index is 0.00000147. The standard InChI is InChI=1S/C13H14BrN3OS.ClH/c14-10-5-3-9(19-10)4-6-11-16-12(17-18-11)13(15)7-1-2-8-13;/h3-6H,1-2,7-8,15H2;1H/b6-4+;. The van der Waals surface area contributed by atoms with E-state index in [0.717, 1.165) is 34.3 Å². The second-order valence-electron chi connectivity index (χ2n) is 4.79. The zero-order valence-corrected chi connectivity index (χ0v) is 13.9. The van der Waals surface area contributed by atoms with Crippen LogP contribution in [0.2, 0.25) is 0 Å². The van der Waals surface area contributed by atoms with E-state index in [-0.39, 0.29) is 17.9 Å². The van der Waals surface area contributed by atoms with Gasteiger partial charge in [-0.2, -0.15) is 4.98 Å². The van der Waals surface area contributed by atoms with Gasteiger partial charge in [0.25, 0.3) is 5.89 Å². The van der Waals surface area contributed by atoms with E-state index in [2.05, 4.69) is 26.1 Å². The van der Waals surface area contributed by atoms with Gasteiger partial charge < -0.3 is 10.3 Å². The number of rotatable bonds is 3. The van der Waals surface area contributed by atoms with Gasteiger partial charge in [0, 0.05) is 11.0 Å². The van der Waals surface area contributed by atoms with Crippen molar-refractivity contribution in [3.05, 3.63) is 32.5 Å². The molecule has 2 heterocycles. The molecule has 0 aromatic carbocycles. The van der Waals surface area contributed by atoms with Gasteiger partial charge in [-0.3, -0.25) is 0 Å². The first-order chi connectivity index (χ1) is 9.16. The molecule has 0 saturated heterocycles. The van der Waals surface area contributed by atoms with Gasteiger partial charge in [0.15, 0.2) is 5.82 Å². The summed E-state index contributed by atoms with van der Waals surface area (Å²) in [7, 11) is 0. The average Bonchev–Trinajstić information content (AvgIpc) is 3.08. The lowest BCUT2D eigenvalue weighted by atomic mass is 9.99. The van der Waals surface area contributed by atoms with Crippen LogP contribution >= 0.6 is 39.7 Å². The number of nitrogens with zero attached hydrogens (tertiary/aromatic N) is 2. The van der Waals surface area contributed by atoms with Gasteiger partial charge >= 0.3 is 0 Å². The van der Waals surface area contributed by atoms with Crippen LogP contribution in [0.3, 0.4) is 0 Å². The third kappa shape index (κ3) is 3.31. The summed E-state index contributed by atoms with van der Waals surface area (Å²) in [5, 5.41) is 4.02. The summed E-state index contributed by atoms with van der Waals surface area (Å²) in [5.74, 6) is 1.15. The fourth-order valence-electron chi connectivity index (χ4n) is 2.31. The van der Waals surface area contributed by atoms with Crippen LogP contribution in [0.1, 0.15) is 42.3 Å². The van der Waals surface area contributed by atoms with Crippen LogP contribution in [-0.2, 0) is 5.54 Å². The lowest BCUT2D eigenvalue weighted by molar-refractivity contribution is 0.364. The maximum atomic E-state index is 6.29. The predicted molar refractivity (Wildman–Crippen MR) is 86.8 cm³/mol. The molecule has 0 amide bonds. The highest BCUT2D eigenvalue weighted by molar-refractivity contribution is 9.11. The van der Waals surface area contributed by atoms with Crippen molar-refractivity contribution in [3.63, 3.8) is 0 Å². The molecule has 2 N–H and O–H groups in total. The second kappa shape index (κ2) is 6.39. The van der Waals surface area contributed by atoms with Gasteiger partial charge in [-0.15, -0.1) is 23.7 Å². The normalized spacial score (nSPS) is 17.5. The molecule has 0 aliphatic heterocycles. The summed E-state index contributed by atoms with van der Waals surface area (Å²) in [6, 6.07) is 4.04. The Hall–Kier alpha value is -0.690. The Morgan fingerprint density at radius 2 is 2.05 bits per heavy atom. The minimum atomic E-state index is -0.387. The van der Waals surface area contributed by atoms with E-state index in [1.807, 2.05) is 24.3 Å². The van der Waals surface area contributed by atoms with Crippen molar-refractivity contribution in [2.24, 2.45) is 5.73 Å². The molecule has 0 unspecified atom stereocenters. The van der Waals surface area contributed by atoms with Gasteiger partial charge in [-0.05, 0) is 47.0 Å². The Kier molecular flexibility index (Phi) is 5.01. The van der Waals surface area contributed by atoms with Crippen LogP contribution < -0.4 is 5.73 Å². The molecule has 0 radical (unpaired) electrons. The molecule has 20 heavy (non-hydrogen) atoms. The molecule has 2 aromatic rings. The largest absolute Gasteiger partial charge is 0.335 e. The third-order valence-electron chi connectivity index (χ3n) is 3.37. The number of aromatic nitrogens is 2. The summed E-state index contributed by atoms with van der Waals surface area (Å²) in [5.41, 5.74) is 5.90. The van der Waals surface area contributed by atoms with E-state index in [4.69, 9.17) is 10.3 Å². The number of nitrogens with two attached hydrogens (primary N) is 1. The van der Waals surface area contributed by atoms with Crippen molar-refractivity contribution in [2.75, 3.05) is 0 Å². The van der Waals surface area contributed by atoms with Crippen molar-refractivity contribution < 1.29 is 4.52 Å². The molecular weight excluding hydrogens is 362 g/mol. The van der Waals surface area contributed by atoms with E-state index in [1.54, 1.807) is 11.3 Å². The monoisotopic (exact) mass is 375 g/mol. The zero-order chi connectivity index (χ0) is 13.3. The first-order valence-electron chi connectivity index (χ1n) is 6.22. The van der Waals surface area contributed by atoms with E-state index in [1.165, 1.54) is 0 Å². The van der Waals surface area contributed by atoms with Crippen LogP contribution in [0, 0.1) is 0 Å². The fourth-order valence-corrected chi connectivity index (χ4v) is 3.63. The Bertz CT molecular complexity index is 604. The molecule has 4 nitrogen and oxygen atoms in total. The highest BCUT2D eigenvalue weighted by Gasteiger charge is 2.35. The Morgan fingerprint density at radius 1 is 1.30 bits per heavy atom. The van der Waals surface area contributed by atoms with Gasteiger partial charge in [-0.25, -0.2) is 0 Å². The summed E-state index contributed by atoms with van der Waals surface area (Å²) in [4.78, 5) is 5.52. The van der Waals surface area contributed by atoms with E-state index >= 15 is 0 Å². The SMILES string of the molecule is Cl.NC1(c2noc(/C=C/c3ccc(Br)s3)n2)CCCC1. The molecule has 0 spiro atoms. The number of hydrogen-bond acceptors (Lipinski definition) is 5. The molecule has 0 bridgehead atoms. The predicted octanol–water partition coefficient (Wildman–Crippen LogP) is 4.21. The topological polar surface area (TPSA) is 64.9 Å². The van der Waals surface area contributed by atoms with Crippen molar-refractivity contribution in [1.29, 1.82) is 0 Å². The van der Waals surface area contributed by atoms with Crippen LogP contribution in [0.5, 0.6) is 0 Å². The molecular formula is C13H15BrClN3OS. The minimum absolute atomic E-state index is 0. The van der Waals surface area contributed by atoms with Crippen LogP contribution in [0.4, 0.5) is 0 Å². The van der Waals surface area contributed by atoms with Gasteiger partial charge in [0.1, 0.15) is 0 Å². The van der Waals surface area contributed by atoms with Gasteiger partial charge in [-0.1, -0.05) is 18.0 Å². The summed E-state index contributed by atoms with van der Waals surface area (Å²) in [6.07, 6.45) is 7.94. The lowest BCUT2D eigenvalue weighted by Gasteiger charge is -2.17. The summed E-state index contributed by atoms with van der Waals surface area (Å²) in [6.45, 7) is 0. The Morgan fingerprint density at radius 3 is 2.70 bits per heavy atom. The lowest BCUT2D eigenvalue weighted by Crippen LogP contribution is -2.34. The van der Waals surface area contributed by atoms with Crippen LogP contribution in [0.25, 0.3) is 12.2 Å². The summed E-state index contributed by atoms with van der Waals surface area (Å²) < 4.78 is 6.34. The van der Waals surface area contributed by atoms with Crippen molar-refractivity contribution in [3.8, 4) is 0 Å². The first-order valence-corrected chi connectivity index (χ1v) is 7.83. The van der Waals surface area contributed by atoms with Crippen LogP contribution in [-0.4, -0.2) is 10.1 Å². The zero-order valence-electron chi connectivity index (χ0n) is 10.7. The maximum absolute atomic E-state index is 6.29. The molecule has 0 atom stereocenters. The molecule has 2 aromatic heterocycles. The third-order valence-corrected chi connectivity index (χ3v) is 4.96. The van der Waals surface area contributed by atoms with E-state index in [0.29, 0.717) is 11.7 Å². The highest BCUT2D eigenvalue weighted by atomic mass is 79.9. The molecule has 1 fully saturated rings. The number of hydrogen-bond donors (Lipinski definition) is 1. The average molecular weight is 377 g/mol. The Labute approximate surface area is 136 Å². The van der Waals surface area contributed by atoms with Crippen molar-refractivity contribution >= 4 is 51.8 Å². The maximum Gasteiger partial charge on any atom is 0.250 e. The first kappa shape index (κ1) is 15.7. The molecule has 1 saturated carbocycles. The van der Waals surface area contributed by atoms with Crippen molar-refractivity contribution in [1.82, 2.24) is 10.1 Å².